The lowest BCUT2D eigenvalue weighted by Gasteiger charge is -2.17. The van der Waals surface area contributed by atoms with Crippen molar-refractivity contribution in [2.45, 2.75) is 13.3 Å². The van der Waals surface area contributed by atoms with Crippen molar-refractivity contribution < 1.29 is 14.4 Å². The molecule has 1 saturated heterocycles. The summed E-state index contributed by atoms with van der Waals surface area (Å²) in [6.07, 6.45) is 0.639. The molecule has 20 heavy (non-hydrogen) atoms. The topological polar surface area (TPSA) is 92.5 Å². The van der Waals surface area contributed by atoms with Crippen LogP contribution in [0.5, 0.6) is 0 Å². The van der Waals surface area contributed by atoms with E-state index in [9.17, 15) is 14.4 Å². The molecule has 2 atom stereocenters. The number of hydrogen-bond donors (Lipinski definition) is 2. The Kier molecular flexibility index (Phi) is 2.74. The first-order valence-electron chi connectivity index (χ1n) is 6.49. The molecule has 0 aromatic heterocycles. The van der Waals surface area contributed by atoms with Crippen LogP contribution >= 0.6 is 0 Å². The molecule has 3 amide bonds. The third kappa shape index (κ3) is 1.93. The standard InChI is InChI=1S/C14H15N3O3/c1-7-3-2-4-10(15)12(7)16-11(18)6-17-13(19)8-5-9(8)14(17)20/h2-4,8-9H,5-6,15H2,1H3,(H,16,18). The normalized spacial score (nSPS) is 23.8. The summed E-state index contributed by atoms with van der Waals surface area (Å²) in [5.74, 6) is -1.23. The average Bonchev–Trinajstić information content (AvgIpc) is 3.15. The fourth-order valence-corrected chi connectivity index (χ4v) is 2.59. The number of piperidine rings is 1. The highest BCUT2D eigenvalue weighted by Gasteiger charge is 2.59. The lowest BCUT2D eigenvalue weighted by molar-refractivity contribution is -0.143. The minimum atomic E-state index is -0.408. The SMILES string of the molecule is Cc1cccc(N)c1NC(=O)CN1C(=O)C2CC2C1=O. The van der Waals surface area contributed by atoms with E-state index in [1.165, 1.54) is 0 Å². The molecule has 1 heterocycles. The number of carbonyl (C=O) groups excluding carboxylic acids is 3. The summed E-state index contributed by atoms with van der Waals surface area (Å²) < 4.78 is 0. The van der Waals surface area contributed by atoms with Crippen molar-refractivity contribution in [1.82, 2.24) is 4.90 Å². The van der Waals surface area contributed by atoms with E-state index in [4.69, 9.17) is 5.73 Å². The molecule has 1 aromatic rings. The first-order valence-corrected chi connectivity index (χ1v) is 6.49. The number of fused-ring (bicyclic) bond motifs is 1. The maximum Gasteiger partial charge on any atom is 0.244 e. The molecule has 3 N–H and O–H groups in total. The number of nitrogens with zero attached hydrogens (tertiary/aromatic N) is 1. The van der Waals surface area contributed by atoms with E-state index in [-0.39, 0.29) is 30.2 Å². The highest BCUT2D eigenvalue weighted by molar-refractivity contribution is 6.11. The second-order valence-electron chi connectivity index (χ2n) is 5.30. The summed E-state index contributed by atoms with van der Waals surface area (Å²) in [6.45, 7) is 1.59. The van der Waals surface area contributed by atoms with Gasteiger partial charge in [0.25, 0.3) is 0 Å². The van der Waals surface area contributed by atoms with E-state index in [0.717, 1.165) is 10.5 Å². The molecular weight excluding hydrogens is 258 g/mol. The molecule has 1 aliphatic heterocycles. The summed E-state index contributed by atoms with van der Waals surface area (Å²) >= 11 is 0. The van der Waals surface area contributed by atoms with Crippen molar-refractivity contribution in [3.05, 3.63) is 23.8 Å². The van der Waals surface area contributed by atoms with Crippen LogP contribution in [0, 0.1) is 18.8 Å². The van der Waals surface area contributed by atoms with E-state index in [2.05, 4.69) is 5.32 Å². The molecule has 1 saturated carbocycles. The summed E-state index contributed by atoms with van der Waals surface area (Å²) in [4.78, 5) is 36.6. The van der Waals surface area contributed by atoms with Crippen molar-refractivity contribution in [3.8, 4) is 0 Å². The van der Waals surface area contributed by atoms with Gasteiger partial charge in [0, 0.05) is 0 Å². The number of nitrogens with one attached hydrogen (secondary N) is 1. The zero-order valence-electron chi connectivity index (χ0n) is 11.1. The molecule has 0 spiro atoms. The molecule has 2 unspecified atom stereocenters. The van der Waals surface area contributed by atoms with Gasteiger partial charge in [-0.3, -0.25) is 19.3 Å². The average molecular weight is 273 g/mol. The second-order valence-corrected chi connectivity index (χ2v) is 5.30. The summed E-state index contributed by atoms with van der Waals surface area (Å²) in [5.41, 5.74) is 7.62. The molecule has 0 radical (unpaired) electrons. The van der Waals surface area contributed by atoms with Crippen LogP contribution in [0.4, 0.5) is 11.4 Å². The Labute approximate surface area is 115 Å². The van der Waals surface area contributed by atoms with Crippen LogP contribution in [0.1, 0.15) is 12.0 Å². The number of aryl methyl sites for hydroxylation is 1. The smallest absolute Gasteiger partial charge is 0.244 e. The van der Waals surface area contributed by atoms with Crippen LogP contribution < -0.4 is 11.1 Å². The van der Waals surface area contributed by atoms with Crippen molar-refractivity contribution in [3.63, 3.8) is 0 Å². The number of hydrogen-bond acceptors (Lipinski definition) is 4. The van der Waals surface area contributed by atoms with E-state index in [0.29, 0.717) is 17.8 Å². The van der Waals surface area contributed by atoms with Crippen LogP contribution in [-0.4, -0.2) is 29.2 Å². The largest absolute Gasteiger partial charge is 0.397 e. The maximum atomic E-state index is 12.0. The Bertz CT molecular complexity index is 586. The van der Waals surface area contributed by atoms with Gasteiger partial charge in [-0.25, -0.2) is 0 Å². The molecule has 104 valence electrons. The summed E-state index contributed by atoms with van der Waals surface area (Å²) in [5, 5.41) is 2.67. The molecule has 1 aliphatic carbocycles. The fourth-order valence-electron chi connectivity index (χ4n) is 2.59. The van der Waals surface area contributed by atoms with Crippen molar-refractivity contribution in [2.75, 3.05) is 17.6 Å². The Balaban J connectivity index is 1.69. The zero-order valence-corrected chi connectivity index (χ0v) is 11.1. The van der Waals surface area contributed by atoms with Crippen LogP contribution in [0.3, 0.4) is 0 Å². The van der Waals surface area contributed by atoms with Gasteiger partial charge in [-0.2, -0.15) is 0 Å². The van der Waals surface area contributed by atoms with Gasteiger partial charge in [0.15, 0.2) is 0 Å². The fraction of sp³-hybridized carbons (Fsp3) is 0.357. The van der Waals surface area contributed by atoms with Crippen molar-refractivity contribution >= 4 is 29.1 Å². The van der Waals surface area contributed by atoms with Gasteiger partial charge in [-0.15, -0.1) is 0 Å². The molecule has 1 aromatic carbocycles. The van der Waals surface area contributed by atoms with Gasteiger partial charge < -0.3 is 11.1 Å². The number of benzene rings is 1. The number of amides is 3. The lowest BCUT2D eigenvalue weighted by Crippen LogP contribution is -2.39. The number of likely N-dealkylation sites (tertiary alicyclic amines) is 1. The van der Waals surface area contributed by atoms with Crippen LogP contribution in [-0.2, 0) is 14.4 Å². The maximum absolute atomic E-state index is 12.0. The summed E-state index contributed by atoms with van der Waals surface area (Å²) in [7, 11) is 0. The number of nitrogen functional groups attached to an aromatic ring is 1. The molecule has 3 rings (SSSR count). The van der Waals surface area contributed by atoms with Crippen LogP contribution in [0.25, 0.3) is 0 Å². The highest BCUT2D eigenvalue weighted by Crippen LogP contribution is 2.46. The quantitative estimate of drug-likeness (QED) is 0.620. The second kappa shape index (κ2) is 4.33. The number of rotatable bonds is 3. The molecule has 2 fully saturated rings. The molecule has 2 aliphatic rings. The van der Waals surface area contributed by atoms with Gasteiger partial charge in [0.2, 0.25) is 17.7 Å². The van der Waals surface area contributed by atoms with Gasteiger partial charge in [-0.1, -0.05) is 12.1 Å². The number of carbonyl (C=O) groups is 3. The van der Waals surface area contributed by atoms with Gasteiger partial charge in [-0.05, 0) is 25.0 Å². The summed E-state index contributed by atoms with van der Waals surface area (Å²) in [6, 6.07) is 5.30. The minimum Gasteiger partial charge on any atom is -0.397 e. The van der Waals surface area contributed by atoms with Gasteiger partial charge in [0.1, 0.15) is 6.54 Å². The van der Waals surface area contributed by atoms with Gasteiger partial charge >= 0.3 is 0 Å². The van der Waals surface area contributed by atoms with Gasteiger partial charge in [0.05, 0.1) is 23.2 Å². The monoisotopic (exact) mass is 273 g/mol. The third-order valence-corrected chi connectivity index (χ3v) is 3.83. The zero-order chi connectivity index (χ0) is 14.4. The highest BCUT2D eigenvalue weighted by atomic mass is 16.2. The van der Waals surface area contributed by atoms with Crippen molar-refractivity contribution in [2.24, 2.45) is 11.8 Å². The molecule has 6 heteroatoms. The number of nitrogens with two attached hydrogens (primary N) is 1. The lowest BCUT2D eigenvalue weighted by atomic mass is 10.1. The van der Waals surface area contributed by atoms with E-state index in [1.807, 2.05) is 13.0 Å². The van der Waals surface area contributed by atoms with E-state index in [1.54, 1.807) is 12.1 Å². The Morgan fingerprint density at radius 1 is 1.35 bits per heavy atom. The molecule has 0 bridgehead atoms. The van der Waals surface area contributed by atoms with E-state index >= 15 is 0 Å². The van der Waals surface area contributed by atoms with E-state index < -0.39 is 5.91 Å². The predicted octanol–water partition coefficient (Wildman–Crippen LogP) is 0.521. The minimum absolute atomic E-state index is 0.182. The number of anilines is 2. The molecule has 6 nitrogen and oxygen atoms in total. The van der Waals surface area contributed by atoms with Crippen LogP contribution in [0.2, 0.25) is 0 Å². The number of para-hydroxylation sites is 1. The van der Waals surface area contributed by atoms with Crippen molar-refractivity contribution in [1.29, 1.82) is 0 Å². The first kappa shape index (κ1) is 12.7. The Morgan fingerprint density at radius 2 is 2.00 bits per heavy atom. The van der Waals surface area contributed by atoms with Crippen LogP contribution in [0.15, 0.2) is 18.2 Å². The molecular formula is C14H15N3O3. The number of imide groups is 1. The Morgan fingerprint density at radius 3 is 2.60 bits per heavy atom. The Hall–Kier alpha value is -2.37. The predicted molar refractivity (Wildman–Crippen MR) is 72.5 cm³/mol. The third-order valence-electron chi connectivity index (χ3n) is 3.83. The first-order chi connectivity index (χ1) is 9.49.